The molecule has 6 aromatic rings. The zero-order valence-electron chi connectivity index (χ0n) is 21.4. The second-order valence-corrected chi connectivity index (χ2v) is 10.6. The summed E-state index contributed by atoms with van der Waals surface area (Å²) in [6.07, 6.45) is -0.262. The van der Waals surface area contributed by atoms with Gasteiger partial charge in [0.2, 0.25) is 0 Å². The Kier molecular flexibility index (Phi) is 6.43. The van der Waals surface area contributed by atoms with E-state index in [0.29, 0.717) is 13.2 Å². The van der Waals surface area contributed by atoms with E-state index in [9.17, 15) is 0 Å². The molecule has 0 unspecified atom stereocenters. The lowest BCUT2D eigenvalue weighted by Gasteiger charge is -2.25. The van der Waals surface area contributed by atoms with Gasteiger partial charge in [-0.2, -0.15) is 0 Å². The Labute approximate surface area is 232 Å². The quantitative estimate of drug-likeness (QED) is 0.216. The van der Waals surface area contributed by atoms with E-state index in [4.69, 9.17) is 9.47 Å². The second-order valence-electron chi connectivity index (χ2n) is 9.55. The van der Waals surface area contributed by atoms with Gasteiger partial charge in [0.05, 0.1) is 13.2 Å². The van der Waals surface area contributed by atoms with Crippen LogP contribution in [0, 0.1) is 0 Å². The highest BCUT2D eigenvalue weighted by atomic mass is 32.1. The molecule has 0 amide bonds. The van der Waals surface area contributed by atoms with Crippen LogP contribution in [0.3, 0.4) is 0 Å². The van der Waals surface area contributed by atoms with Crippen LogP contribution in [0.25, 0.3) is 31.7 Å². The van der Waals surface area contributed by atoms with Crippen molar-refractivity contribution in [3.05, 3.63) is 139 Å². The molecule has 7 rings (SSSR count). The number of rotatable bonds is 6. The fourth-order valence-electron chi connectivity index (χ4n) is 5.26. The highest BCUT2D eigenvalue weighted by Gasteiger charge is 2.20. The van der Waals surface area contributed by atoms with Crippen LogP contribution in [0.1, 0.15) is 11.9 Å². The smallest absolute Gasteiger partial charge is 0.184 e. The summed E-state index contributed by atoms with van der Waals surface area (Å²) in [6, 6.07) is 47.3. The van der Waals surface area contributed by atoms with Crippen LogP contribution < -0.4 is 4.90 Å². The molecule has 1 aliphatic heterocycles. The Morgan fingerprint density at radius 1 is 0.538 bits per heavy atom. The van der Waals surface area contributed by atoms with Crippen molar-refractivity contribution in [1.82, 2.24) is 0 Å². The van der Waals surface area contributed by atoms with Crippen molar-refractivity contribution in [3.63, 3.8) is 0 Å². The second kappa shape index (κ2) is 10.5. The SMILES string of the molecule is c1ccc(N(c2ccccc2)c2ccc(-c3sc4ccccc4c3-c3ccc(C4OCCO4)cc3)cc2)cc1. The van der Waals surface area contributed by atoms with Crippen molar-refractivity contribution in [2.75, 3.05) is 18.1 Å². The number of nitrogens with zero attached hydrogens (tertiary/aromatic N) is 1. The zero-order chi connectivity index (χ0) is 26.0. The molecule has 4 heteroatoms. The van der Waals surface area contributed by atoms with Gasteiger partial charge in [-0.05, 0) is 53.6 Å². The molecule has 1 aliphatic rings. The Morgan fingerprint density at radius 3 is 1.72 bits per heavy atom. The molecule has 1 aromatic heterocycles. The number of para-hydroxylation sites is 2. The molecule has 1 fully saturated rings. The van der Waals surface area contributed by atoms with Crippen molar-refractivity contribution in [2.24, 2.45) is 0 Å². The maximum atomic E-state index is 5.70. The summed E-state index contributed by atoms with van der Waals surface area (Å²) in [6.45, 7) is 1.29. The molecular formula is C35H27NO2S. The number of hydrogen-bond acceptors (Lipinski definition) is 4. The zero-order valence-corrected chi connectivity index (χ0v) is 22.2. The van der Waals surface area contributed by atoms with Gasteiger partial charge >= 0.3 is 0 Å². The van der Waals surface area contributed by atoms with Gasteiger partial charge in [-0.15, -0.1) is 11.3 Å². The standard InChI is InChI=1S/C35H27NO2S/c1-3-9-28(10-4-1)36(29-11-5-2-6-12-29)30-21-19-26(20-22-30)34-33(31-13-7-8-14-32(31)39-34)25-15-17-27(18-16-25)35-37-23-24-38-35/h1-22,35H,23-24H2. The first kappa shape index (κ1) is 23.9. The largest absolute Gasteiger partial charge is 0.346 e. The molecular weight excluding hydrogens is 498 g/mol. The van der Waals surface area contributed by atoms with Gasteiger partial charge in [-0.25, -0.2) is 0 Å². The Morgan fingerprint density at radius 2 is 1.08 bits per heavy atom. The van der Waals surface area contributed by atoms with Crippen LogP contribution in [-0.4, -0.2) is 13.2 Å². The minimum absolute atomic E-state index is 0.262. The van der Waals surface area contributed by atoms with E-state index in [1.807, 2.05) is 11.3 Å². The van der Waals surface area contributed by atoms with E-state index in [-0.39, 0.29) is 6.29 Å². The number of benzene rings is 5. The third kappa shape index (κ3) is 4.64. The molecule has 1 saturated heterocycles. The molecule has 3 nitrogen and oxygen atoms in total. The summed E-state index contributed by atoms with van der Waals surface area (Å²) >= 11 is 1.85. The predicted octanol–water partition coefficient (Wildman–Crippen LogP) is 9.75. The van der Waals surface area contributed by atoms with E-state index in [1.54, 1.807) is 0 Å². The summed E-state index contributed by atoms with van der Waals surface area (Å²) in [4.78, 5) is 3.57. The number of ether oxygens (including phenoxy) is 2. The summed E-state index contributed by atoms with van der Waals surface area (Å²) in [5.41, 5.74) is 8.13. The number of hydrogen-bond donors (Lipinski definition) is 0. The van der Waals surface area contributed by atoms with Gasteiger partial charge in [0.1, 0.15) is 0 Å². The van der Waals surface area contributed by atoms with Gasteiger partial charge in [-0.3, -0.25) is 0 Å². The van der Waals surface area contributed by atoms with Crippen LogP contribution in [-0.2, 0) is 9.47 Å². The predicted molar refractivity (Wildman–Crippen MR) is 162 cm³/mol. The van der Waals surface area contributed by atoms with Crippen molar-refractivity contribution >= 4 is 38.5 Å². The third-order valence-corrected chi connectivity index (χ3v) is 8.33. The average Bonchev–Trinajstić information content (AvgIpc) is 3.68. The van der Waals surface area contributed by atoms with Crippen LogP contribution in [0.2, 0.25) is 0 Å². The summed E-state index contributed by atoms with van der Waals surface area (Å²) in [5.74, 6) is 0. The number of thiophene rings is 1. The highest BCUT2D eigenvalue weighted by molar-refractivity contribution is 7.23. The highest BCUT2D eigenvalue weighted by Crippen LogP contribution is 2.46. The molecule has 0 spiro atoms. The Bertz CT molecular complexity index is 1650. The molecule has 2 heterocycles. The number of fused-ring (bicyclic) bond motifs is 1. The lowest BCUT2D eigenvalue weighted by Crippen LogP contribution is -2.09. The Balaban J connectivity index is 1.30. The van der Waals surface area contributed by atoms with Crippen LogP contribution in [0.15, 0.2) is 133 Å². The van der Waals surface area contributed by atoms with Crippen LogP contribution in [0.5, 0.6) is 0 Å². The van der Waals surface area contributed by atoms with E-state index in [0.717, 1.165) is 22.6 Å². The lowest BCUT2D eigenvalue weighted by molar-refractivity contribution is -0.0441. The lowest BCUT2D eigenvalue weighted by atomic mass is 9.97. The normalized spacial score (nSPS) is 13.6. The molecule has 0 saturated carbocycles. The summed E-state index contributed by atoms with van der Waals surface area (Å²) in [7, 11) is 0. The molecule has 5 aromatic carbocycles. The van der Waals surface area contributed by atoms with Gasteiger partial charge in [-0.1, -0.05) is 91.0 Å². The fourth-order valence-corrected chi connectivity index (χ4v) is 6.49. The van der Waals surface area contributed by atoms with Gasteiger partial charge in [0, 0.05) is 43.2 Å². The molecule has 0 aliphatic carbocycles. The van der Waals surface area contributed by atoms with Crippen molar-refractivity contribution < 1.29 is 9.47 Å². The molecule has 0 radical (unpaired) electrons. The molecule has 39 heavy (non-hydrogen) atoms. The van der Waals surface area contributed by atoms with Crippen molar-refractivity contribution in [2.45, 2.75) is 6.29 Å². The van der Waals surface area contributed by atoms with Crippen molar-refractivity contribution in [1.29, 1.82) is 0 Å². The molecule has 190 valence electrons. The maximum absolute atomic E-state index is 5.70. The first-order valence-electron chi connectivity index (χ1n) is 13.2. The number of anilines is 3. The third-order valence-electron chi connectivity index (χ3n) is 7.11. The minimum atomic E-state index is -0.262. The fraction of sp³-hybridized carbons (Fsp3) is 0.0857. The molecule has 0 N–H and O–H groups in total. The summed E-state index contributed by atoms with van der Waals surface area (Å²) < 4.78 is 12.7. The van der Waals surface area contributed by atoms with Gasteiger partial charge < -0.3 is 14.4 Å². The van der Waals surface area contributed by atoms with Gasteiger partial charge in [0.25, 0.3) is 0 Å². The minimum Gasteiger partial charge on any atom is -0.346 e. The van der Waals surface area contributed by atoms with Crippen molar-refractivity contribution in [3.8, 4) is 21.6 Å². The van der Waals surface area contributed by atoms with E-state index in [1.165, 1.54) is 31.7 Å². The Hall–Kier alpha value is -4.22. The first-order valence-corrected chi connectivity index (χ1v) is 14.0. The summed E-state index contributed by atoms with van der Waals surface area (Å²) in [5, 5.41) is 1.28. The maximum Gasteiger partial charge on any atom is 0.184 e. The van der Waals surface area contributed by atoms with E-state index < -0.39 is 0 Å². The average molecular weight is 526 g/mol. The molecule has 0 bridgehead atoms. The first-order chi connectivity index (χ1) is 19.3. The van der Waals surface area contributed by atoms with E-state index >= 15 is 0 Å². The molecule has 0 atom stereocenters. The monoisotopic (exact) mass is 525 g/mol. The topological polar surface area (TPSA) is 21.7 Å². The van der Waals surface area contributed by atoms with Crippen LogP contribution in [0.4, 0.5) is 17.1 Å². The van der Waals surface area contributed by atoms with Gasteiger partial charge in [0.15, 0.2) is 6.29 Å². The van der Waals surface area contributed by atoms with Crippen LogP contribution >= 0.6 is 11.3 Å². The van der Waals surface area contributed by atoms with E-state index in [2.05, 4.69) is 138 Å².